The molecule has 0 aliphatic carbocycles. The van der Waals surface area contributed by atoms with E-state index >= 15 is 0 Å². The molecule has 3 heteroatoms. The molecule has 2 atom stereocenters. The minimum absolute atomic E-state index is 0.434. The van der Waals surface area contributed by atoms with Gasteiger partial charge in [0.05, 0.1) is 6.10 Å². The number of hydrogen-bond acceptors (Lipinski definition) is 3. The second kappa shape index (κ2) is 5.83. The fourth-order valence-electron chi connectivity index (χ4n) is 2.97. The molecule has 1 fully saturated rings. The van der Waals surface area contributed by atoms with Crippen LogP contribution in [0.1, 0.15) is 30.0 Å². The first-order valence-electron chi connectivity index (χ1n) is 7.07. The third-order valence-electron chi connectivity index (χ3n) is 3.96. The molecule has 1 saturated heterocycles. The Hall–Kier alpha value is -0.900. The summed E-state index contributed by atoms with van der Waals surface area (Å²) in [5, 5.41) is 7.15. The van der Waals surface area contributed by atoms with E-state index in [2.05, 4.69) is 34.9 Å². The number of rotatable bonds is 4. The van der Waals surface area contributed by atoms with Gasteiger partial charge in [-0.05, 0) is 36.9 Å². The second-order valence-electron chi connectivity index (χ2n) is 5.25. The lowest BCUT2D eigenvalue weighted by atomic mass is 9.94. The summed E-state index contributed by atoms with van der Waals surface area (Å²) in [5.41, 5.74) is 2.96. The Morgan fingerprint density at radius 3 is 3.11 bits per heavy atom. The summed E-state index contributed by atoms with van der Waals surface area (Å²) < 4.78 is 5.63. The Morgan fingerprint density at radius 1 is 1.28 bits per heavy atom. The maximum atomic E-state index is 5.63. The molecule has 0 spiro atoms. The van der Waals surface area contributed by atoms with Gasteiger partial charge in [-0.25, -0.2) is 0 Å². The highest BCUT2D eigenvalue weighted by atomic mass is 16.5. The molecule has 0 radical (unpaired) electrons. The summed E-state index contributed by atoms with van der Waals surface area (Å²) in [6.07, 6.45) is 4.01. The average Bonchev–Trinajstić information content (AvgIpc) is 2.92. The van der Waals surface area contributed by atoms with Crippen molar-refractivity contribution in [2.45, 2.75) is 31.4 Å². The van der Waals surface area contributed by atoms with E-state index in [9.17, 15) is 0 Å². The minimum atomic E-state index is 0.434. The predicted octanol–water partition coefficient (Wildman–Crippen LogP) is 1.64. The second-order valence-corrected chi connectivity index (χ2v) is 5.25. The zero-order valence-corrected chi connectivity index (χ0v) is 10.8. The van der Waals surface area contributed by atoms with Crippen molar-refractivity contribution >= 4 is 0 Å². The Morgan fingerprint density at radius 2 is 2.22 bits per heavy atom. The first-order chi connectivity index (χ1) is 8.93. The molecular weight excluding hydrogens is 224 g/mol. The summed E-state index contributed by atoms with van der Waals surface area (Å²) in [7, 11) is 0. The van der Waals surface area contributed by atoms with E-state index in [1.165, 1.54) is 24.0 Å². The smallest absolute Gasteiger partial charge is 0.0700 e. The standard InChI is InChI=1S/C15H22N2O/c1-2-6-14-12(4-1)7-8-17-15(14)11-16-10-13-5-3-9-18-13/h1-2,4,6,13,15-17H,3,5,7-11H2. The third-order valence-corrected chi connectivity index (χ3v) is 3.96. The van der Waals surface area contributed by atoms with E-state index in [1.54, 1.807) is 0 Å². The predicted molar refractivity (Wildman–Crippen MR) is 72.7 cm³/mol. The third kappa shape index (κ3) is 2.74. The van der Waals surface area contributed by atoms with Crippen molar-refractivity contribution in [1.82, 2.24) is 10.6 Å². The van der Waals surface area contributed by atoms with Gasteiger partial charge < -0.3 is 15.4 Å². The molecule has 0 bridgehead atoms. The van der Waals surface area contributed by atoms with E-state index in [0.717, 1.165) is 32.7 Å². The first-order valence-corrected chi connectivity index (χ1v) is 7.07. The Bertz CT molecular complexity index is 388. The van der Waals surface area contributed by atoms with Crippen LogP contribution in [-0.2, 0) is 11.2 Å². The number of fused-ring (bicyclic) bond motifs is 1. The van der Waals surface area contributed by atoms with Crippen molar-refractivity contribution < 1.29 is 4.74 Å². The number of hydrogen-bond donors (Lipinski definition) is 2. The molecule has 2 aliphatic heterocycles. The van der Waals surface area contributed by atoms with Crippen LogP contribution < -0.4 is 10.6 Å². The fraction of sp³-hybridized carbons (Fsp3) is 0.600. The van der Waals surface area contributed by atoms with E-state index in [0.29, 0.717) is 12.1 Å². The Balaban J connectivity index is 1.54. The highest BCUT2D eigenvalue weighted by molar-refractivity contribution is 5.32. The van der Waals surface area contributed by atoms with Gasteiger partial charge in [0.1, 0.15) is 0 Å². The molecule has 2 N–H and O–H groups in total. The zero-order valence-electron chi connectivity index (χ0n) is 10.8. The average molecular weight is 246 g/mol. The number of ether oxygens (including phenoxy) is 1. The van der Waals surface area contributed by atoms with Gasteiger partial charge in [-0.2, -0.15) is 0 Å². The first kappa shape index (κ1) is 12.2. The number of nitrogens with one attached hydrogen (secondary N) is 2. The molecule has 0 saturated carbocycles. The van der Waals surface area contributed by atoms with E-state index in [-0.39, 0.29) is 0 Å². The van der Waals surface area contributed by atoms with Crippen molar-refractivity contribution in [3.63, 3.8) is 0 Å². The van der Waals surface area contributed by atoms with Crippen LogP contribution >= 0.6 is 0 Å². The molecule has 1 aromatic carbocycles. The minimum Gasteiger partial charge on any atom is -0.377 e. The molecule has 3 rings (SSSR count). The van der Waals surface area contributed by atoms with Gasteiger partial charge in [-0.3, -0.25) is 0 Å². The van der Waals surface area contributed by atoms with Crippen LogP contribution in [0, 0.1) is 0 Å². The molecule has 98 valence electrons. The largest absolute Gasteiger partial charge is 0.377 e. The van der Waals surface area contributed by atoms with Gasteiger partial charge in [0, 0.05) is 25.7 Å². The molecule has 0 aromatic heterocycles. The summed E-state index contributed by atoms with van der Waals surface area (Å²) in [5.74, 6) is 0. The molecule has 1 aromatic rings. The number of benzene rings is 1. The van der Waals surface area contributed by atoms with Gasteiger partial charge in [-0.15, -0.1) is 0 Å². The lowest BCUT2D eigenvalue weighted by Crippen LogP contribution is -2.38. The van der Waals surface area contributed by atoms with Crippen LogP contribution in [0.15, 0.2) is 24.3 Å². The fourth-order valence-corrected chi connectivity index (χ4v) is 2.97. The highest BCUT2D eigenvalue weighted by Gasteiger charge is 2.20. The van der Waals surface area contributed by atoms with Crippen molar-refractivity contribution in [3.05, 3.63) is 35.4 Å². The van der Waals surface area contributed by atoms with Gasteiger partial charge in [-0.1, -0.05) is 24.3 Å². The van der Waals surface area contributed by atoms with Crippen LogP contribution in [0.5, 0.6) is 0 Å². The molecular formula is C15H22N2O. The van der Waals surface area contributed by atoms with Crippen LogP contribution in [0.2, 0.25) is 0 Å². The van der Waals surface area contributed by atoms with Crippen molar-refractivity contribution in [2.24, 2.45) is 0 Å². The zero-order chi connectivity index (χ0) is 12.2. The van der Waals surface area contributed by atoms with Crippen molar-refractivity contribution in [2.75, 3.05) is 26.2 Å². The summed E-state index contributed by atoms with van der Waals surface area (Å²) >= 11 is 0. The van der Waals surface area contributed by atoms with Crippen molar-refractivity contribution in [3.8, 4) is 0 Å². The molecule has 2 heterocycles. The van der Waals surface area contributed by atoms with Crippen LogP contribution in [0.25, 0.3) is 0 Å². The van der Waals surface area contributed by atoms with Gasteiger partial charge in [0.15, 0.2) is 0 Å². The maximum absolute atomic E-state index is 5.63. The lowest BCUT2D eigenvalue weighted by Gasteiger charge is -2.27. The van der Waals surface area contributed by atoms with E-state index in [1.807, 2.05) is 0 Å². The van der Waals surface area contributed by atoms with Gasteiger partial charge in [0.2, 0.25) is 0 Å². The summed E-state index contributed by atoms with van der Waals surface area (Å²) in [6.45, 7) is 4.01. The summed E-state index contributed by atoms with van der Waals surface area (Å²) in [4.78, 5) is 0. The molecule has 18 heavy (non-hydrogen) atoms. The van der Waals surface area contributed by atoms with Gasteiger partial charge >= 0.3 is 0 Å². The summed E-state index contributed by atoms with van der Waals surface area (Å²) in [6, 6.07) is 9.24. The maximum Gasteiger partial charge on any atom is 0.0700 e. The molecule has 3 nitrogen and oxygen atoms in total. The SMILES string of the molecule is c1ccc2c(c1)CCNC2CNCC1CCCO1. The normalized spacial score (nSPS) is 27.1. The van der Waals surface area contributed by atoms with Crippen molar-refractivity contribution in [1.29, 1.82) is 0 Å². The Labute approximate surface area is 109 Å². The Kier molecular flexibility index (Phi) is 3.93. The van der Waals surface area contributed by atoms with Gasteiger partial charge in [0.25, 0.3) is 0 Å². The van der Waals surface area contributed by atoms with E-state index in [4.69, 9.17) is 4.74 Å². The van der Waals surface area contributed by atoms with Crippen LogP contribution in [0.4, 0.5) is 0 Å². The molecule has 2 aliphatic rings. The van der Waals surface area contributed by atoms with Crippen LogP contribution in [0.3, 0.4) is 0 Å². The van der Waals surface area contributed by atoms with E-state index < -0.39 is 0 Å². The molecule has 0 amide bonds. The highest BCUT2D eigenvalue weighted by Crippen LogP contribution is 2.22. The quantitative estimate of drug-likeness (QED) is 0.847. The van der Waals surface area contributed by atoms with Crippen LogP contribution in [-0.4, -0.2) is 32.3 Å². The monoisotopic (exact) mass is 246 g/mol. The lowest BCUT2D eigenvalue weighted by molar-refractivity contribution is 0.109. The molecule has 2 unspecified atom stereocenters. The topological polar surface area (TPSA) is 33.3 Å².